The number of hydrogen-bond donors (Lipinski definition) is 1. The van der Waals surface area contributed by atoms with Crippen LogP contribution in [-0.2, 0) is 17.7 Å². The first-order valence-corrected chi connectivity index (χ1v) is 8.72. The number of amidine groups is 1. The standard InChI is InChI=1S/C19H24N4O/c1-13-3-7-20-14(2)18(13)22-19-16-6-10-23(17(16)4-8-21-19)9-5-15-11-24-12-15/h3,6-7,10,15H,4-5,8-9,11-12H2,1-2H3,(H,21,22). The maximum atomic E-state index is 5.28. The lowest BCUT2D eigenvalue weighted by molar-refractivity contribution is -0.0372. The minimum atomic E-state index is 0.735. The van der Waals surface area contributed by atoms with E-state index in [1.165, 1.54) is 23.2 Å². The summed E-state index contributed by atoms with van der Waals surface area (Å²) in [7, 11) is 0. The second-order valence-electron chi connectivity index (χ2n) is 6.76. The molecular formula is C19H24N4O. The lowest BCUT2D eigenvalue weighted by Gasteiger charge is -2.26. The first-order chi connectivity index (χ1) is 11.7. The molecule has 2 aliphatic heterocycles. The maximum Gasteiger partial charge on any atom is 0.134 e. The quantitative estimate of drug-likeness (QED) is 0.941. The zero-order valence-corrected chi connectivity index (χ0v) is 14.4. The number of aryl methyl sites for hydroxylation is 3. The van der Waals surface area contributed by atoms with Crippen molar-refractivity contribution >= 4 is 11.5 Å². The van der Waals surface area contributed by atoms with Crippen LogP contribution in [0.4, 0.5) is 5.69 Å². The predicted octanol–water partition coefficient (Wildman–Crippen LogP) is 2.95. The third-order valence-electron chi connectivity index (χ3n) is 5.03. The summed E-state index contributed by atoms with van der Waals surface area (Å²) in [6, 6.07) is 4.23. The summed E-state index contributed by atoms with van der Waals surface area (Å²) in [6.45, 7) is 7.90. The van der Waals surface area contributed by atoms with Gasteiger partial charge in [0.15, 0.2) is 0 Å². The molecule has 0 atom stereocenters. The fourth-order valence-corrected chi connectivity index (χ4v) is 3.45. The Morgan fingerprint density at radius 3 is 2.92 bits per heavy atom. The summed E-state index contributed by atoms with van der Waals surface area (Å²) in [5, 5.41) is 3.53. The topological polar surface area (TPSA) is 51.4 Å². The first kappa shape index (κ1) is 15.4. The Kier molecular flexibility index (Phi) is 4.10. The molecule has 2 aromatic rings. The van der Waals surface area contributed by atoms with Crippen LogP contribution < -0.4 is 5.32 Å². The smallest absolute Gasteiger partial charge is 0.134 e. The third kappa shape index (κ3) is 2.84. The number of hydrogen-bond acceptors (Lipinski definition) is 4. The molecule has 1 saturated heterocycles. The highest BCUT2D eigenvalue weighted by molar-refractivity contribution is 6.10. The van der Waals surface area contributed by atoms with E-state index in [-0.39, 0.29) is 0 Å². The predicted molar refractivity (Wildman–Crippen MR) is 95.8 cm³/mol. The number of pyridine rings is 1. The van der Waals surface area contributed by atoms with Gasteiger partial charge in [-0.1, -0.05) is 0 Å². The molecule has 0 unspecified atom stereocenters. The Labute approximate surface area is 142 Å². The fraction of sp³-hybridized carbons (Fsp3) is 0.474. The van der Waals surface area contributed by atoms with E-state index in [0.29, 0.717) is 0 Å². The van der Waals surface area contributed by atoms with Crippen molar-refractivity contribution in [2.75, 3.05) is 25.1 Å². The van der Waals surface area contributed by atoms with E-state index in [2.05, 4.69) is 34.1 Å². The molecule has 1 fully saturated rings. The first-order valence-electron chi connectivity index (χ1n) is 8.72. The van der Waals surface area contributed by atoms with Crippen molar-refractivity contribution in [2.24, 2.45) is 10.9 Å². The number of rotatable bonds is 4. The third-order valence-corrected chi connectivity index (χ3v) is 5.03. The summed E-state index contributed by atoms with van der Waals surface area (Å²) < 4.78 is 7.67. The van der Waals surface area contributed by atoms with Crippen LogP contribution in [0, 0.1) is 19.8 Å². The van der Waals surface area contributed by atoms with Gasteiger partial charge in [0, 0.05) is 49.1 Å². The van der Waals surface area contributed by atoms with Crippen molar-refractivity contribution in [3.05, 3.63) is 47.0 Å². The molecule has 1 N–H and O–H groups in total. The SMILES string of the molecule is Cc1ccnc(C)c1NC1=NCCc2c1ccn2CCC1COC1. The fourth-order valence-electron chi connectivity index (χ4n) is 3.45. The highest BCUT2D eigenvalue weighted by Gasteiger charge is 2.22. The van der Waals surface area contributed by atoms with Gasteiger partial charge in [0.05, 0.1) is 24.6 Å². The van der Waals surface area contributed by atoms with Crippen LogP contribution in [0.1, 0.15) is 28.9 Å². The molecule has 2 aromatic heterocycles. The number of aliphatic imine (C=N–C) groups is 1. The van der Waals surface area contributed by atoms with Gasteiger partial charge in [0.25, 0.3) is 0 Å². The minimum Gasteiger partial charge on any atom is -0.381 e. The number of aromatic nitrogens is 2. The molecule has 0 spiro atoms. The lowest BCUT2D eigenvalue weighted by Crippen LogP contribution is -2.29. The summed E-state index contributed by atoms with van der Waals surface area (Å²) in [5.74, 6) is 1.71. The second-order valence-corrected chi connectivity index (χ2v) is 6.76. The Morgan fingerprint density at radius 1 is 1.29 bits per heavy atom. The van der Waals surface area contributed by atoms with Gasteiger partial charge in [0.1, 0.15) is 5.84 Å². The molecule has 0 bridgehead atoms. The molecule has 4 heterocycles. The second kappa shape index (κ2) is 6.40. The van der Waals surface area contributed by atoms with E-state index < -0.39 is 0 Å². The molecule has 0 aromatic carbocycles. The average Bonchev–Trinajstić information content (AvgIpc) is 2.94. The van der Waals surface area contributed by atoms with E-state index in [9.17, 15) is 0 Å². The molecule has 4 rings (SSSR count). The van der Waals surface area contributed by atoms with E-state index in [4.69, 9.17) is 9.73 Å². The van der Waals surface area contributed by atoms with Crippen molar-refractivity contribution in [1.29, 1.82) is 0 Å². The number of nitrogens with one attached hydrogen (secondary N) is 1. The van der Waals surface area contributed by atoms with Crippen LogP contribution in [-0.4, -0.2) is 35.1 Å². The van der Waals surface area contributed by atoms with Crippen molar-refractivity contribution in [3.8, 4) is 0 Å². The Bertz CT molecular complexity index is 753. The highest BCUT2D eigenvalue weighted by Crippen LogP contribution is 2.24. The van der Waals surface area contributed by atoms with E-state index in [1.807, 2.05) is 19.2 Å². The summed E-state index contributed by atoms with van der Waals surface area (Å²) in [4.78, 5) is 9.13. The van der Waals surface area contributed by atoms with Crippen LogP contribution >= 0.6 is 0 Å². The van der Waals surface area contributed by atoms with Gasteiger partial charge in [-0.05, 0) is 38.0 Å². The molecule has 24 heavy (non-hydrogen) atoms. The van der Waals surface area contributed by atoms with Gasteiger partial charge in [-0.15, -0.1) is 0 Å². The van der Waals surface area contributed by atoms with Crippen molar-refractivity contribution in [1.82, 2.24) is 9.55 Å². The van der Waals surface area contributed by atoms with E-state index in [1.54, 1.807) is 0 Å². The molecule has 5 nitrogen and oxygen atoms in total. The van der Waals surface area contributed by atoms with Crippen LogP contribution in [0.5, 0.6) is 0 Å². The van der Waals surface area contributed by atoms with Crippen LogP contribution in [0.15, 0.2) is 29.5 Å². The molecule has 2 aliphatic rings. The largest absolute Gasteiger partial charge is 0.381 e. The van der Waals surface area contributed by atoms with Crippen LogP contribution in [0.2, 0.25) is 0 Å². The molecule has 0 radical (unpaired) electrons. The Hall–Kier alpha value is -2.14. The van der Waals surface area contributed by atoms with Gasteiger partial charge >= 0.3 is 0 Å². The summed E-state index contributed by atoms with van der Waals surface area (Å²) >= 11 is 0. The molecular weight excluding hydrogens is 300 g/mol. The zero-order chi connectivity index (χ0) is 16.5. The van der Waals surface area contributed by atoms with Gasteiger partial charge in [-0.3, -0.25) is 9.98 Å². The minimum absolute atomic E-state index is 0.735. The van der Waals surface area contributed by atoms with Gasteiger partial charge in [-0.25, -0.2) is 0 Å². The van der Waals surface area contributed by atoms with Gasteiger partial charge < -0.3 is 14.6 Å². The normalized spacial score (nSPS) is 17.2. The molecule has 126 valence electrons. The Morgan fingerprint density at radius 2 is 2.17 bits per heavy atom. The van der Waals surface area contributed by atoms with E-state index in [0.717, 1.165) is 55.9 Å². The average molecular weight is 324 g/mol. The molecule has 0 saturated carbocycles. The summed E-state index contributed by atoms with van der Waals surface area (Å²) in [6.07, 6.45) is 6.27. The molecule has 5 heteroatoms. The monoisotopic (exact) mass is 324 g/mol. The number of anilines is 1. The lowest BCUT2D eigenvalue weighted by atomic mass is 10.0. The molecule has 0 amide bonds. The summed E-state index contributed by atoms with van der Waals surface area (Å²) in [5.41, 5.74) is 5.90. The van der Waals surface area contributed by atoms with Crippen molar-refractivity contribution < 1.29 is 4.74 Å². The van der Waals surface area contributed by atoms with Crippen molar-refractivity contribution in [2.45, 2.75) is 33.2 Å². The number of ether oxygens (including phenoxy) is 1. The Balaban J connectivity index is 1.54. The molecule has 0 aliphatic carbocycles. The van der Waals surface area contributed by atoms with E-state index >= 15 is 0 Å². The van der Waals surface area contributed by atoms with Gasteiger partial charge in [0.2, 0.25) is 0 Å². The number of fused-ring (bicyclic) bond motifs is 1. The highest BCUT2D eigenvalue weighted by atomic mass is 16.5. The van der Waals surface area contributed by atoms with Crippen LogP contribution in [0.25, 0.3) is 0 Å². The maximum absolute atomic E-state index is 5.28. The van der Waals surface area contributed by atoms with Gasteiger partial charge in [-0.2, -0.15) is 0 Å². The van der Waals surface area contributed by atoms with Crippen molar-refractivity contribution in [3.63, 3.8) is 0 Å². The zero-order valence-electron chi connectivity index (χ0n) is 14.4. The van der Waals surface area contributed by atoms with Crippen LogP contribution in [0.3, 0.4) is 0 Å². The number of nitrogens with zero attached hydrogens (tertiary/aromatic N) is 3.